The molecule has 0 saturated carbocycles. The molecule has 0 heterocycles. The summed E-state index contributed by atoms with van der Waals surface area (Å²) in [5.41, 5.74) is 8.54. The highest BCUT2D eigenvalue weighted by Crippen LogP contribution is 2.33. The number of hydrogen-bond acceptors (Lipinski definition) is 4. The Morgan fingerprint density at radius 2 is 1.95 bits per heavy atom. The minimum atomic E-state index is 0.229. The van der Waals surface area contributed by atoms with Crippen molar-refractivity contribution in [3.05, 3.63) is 48.0 Å². The molecule has 2 rings (SSSR count). The first-order valence-corrected chi connectivity index (χ1v) is 7.67. The molecule has 0 unspecified atom stereocenters. The molecule has 2 aromatic carbocycles. The minimum Gasteiger partial charge on any atom is -0.508 e. The van der Waals surface area contributed by atoms with E-state index in [4.69, 9.17) is 18.0 Å². The van der Waals surface area contributed by atoms with Crippen molar-refractivity contribution in [1.82, 2.24) is 0 Å². The van der Waals surface area contributed by atoms with E-state index in [9.17, 15) is 5.11 Å². The number of rotatable bonds is 4. The molecule has 0 aliphatic heterocycles. The van der Waals surface area contributed by atoms with Gasteiger partial charge in [-0.05, 0) is 30.5 Å². The third-order valence-electron chi connectivity index (χ3n) is 3.05. The number of anilines is 2. The van der Waals surface area contributed by atoms with E-state index in [1.165, 1.54) is 0 Å². The fraction of sp³-hybridized carbons (Fsp3) is 0.133. The van der Waals surface area contributed by atoms with E-state index in [-0.39, 0.29) is 5.75 Å². The predicted octanol–water partition coefficient (Wildman–Crippen LogP) is 3.52. The van der Waals surface area contributed by atoms with Gasteiger partial charge in [0.15, 0.2) is 0 Å². The molecule has 0 atom stereocenters. The van der Waals surface area contributed by atoms with E-state index in [1.807, 2.05) is 42.5 Å². The zero-order valence-corrected chi connectivity index (χ0v) is 13.0. The number of phenolic OH excluding ortho intramolecular Hbond substituents is 1. The lowest BCUT2D eigenvalue weighted by atomic mass is 10.1. The third kappa shape index (κ3) is 2.89. The fourth-order valence-electron chi connectivity index (χ4n) is 2.06. The lowest BCUT2D eigenvalue weighted by Crippen LogP contribution is -2.18. The lowest BCUT2D eigenvalue weighted by molar-refractivity contribution is 0.475. The predicted molar refractivity (Wildman–Crippen MR) is 90.3 cm³/mol. The Hall–Kier alpha value is -1.72. The Balaban J connectivity index is 2.54. The van der Waals surface area contributed by atoms with Crippen molar-refractivity contribution >= 4 is 40.3 Å². The molecule has 0 fully saturated rings. The Bertz CT molecular complexity index is 644. The van der Waals surface area contributed by atoms with Gasteiger partial charge in [0.1, 0.15) is 10.7 Å². The van der Waals surface area contributed by atoms with Gasteiger partial charge in [-0.2, -0.15) is 0 Å². The van der Waals surface area contributed by atoms with Gasteiger partial charge in [0.25, 0.3) is 0 Å². The molecule has 0 aromatic heterocycles. The Labute approximate surface area is 128 Å². The first-order valence-electron chi connectivity index (χ1n) is 6.04. The first-order chi connectivity index (χ1) is 9.54. The minimum absolute atomic E-state index is 0.229. The van der Waals surface area contributed by atoms with E-state index in [1.54, 1.807) is 30.0 Å². The van der Waals surface area contributed by atoms with Crippen molar-refractivity contribution in [1.29, 1.82) is 0 Å². The number of phenols is 1. The first kappa shape index (κ1) is 14.7. The van der Waals surface area contributed by atoms with Crippen molar-refractivity contribution in [3.8, 4) is 5.75 Å². The number of hydrogen-bond donors (Lipinski definition) is 2. The van der Waals surface area contributed by atoms with Crippen LogP contribution in [-0.4, -0.2) is 23.4 Å². The van der Waals surface area contributed by atoms with Crippen molar-refractivity contribution in [3.63, 3.8) is 0 Å². The summed E-state index contributed by atoms with van der Waals surface area (Å²) in [6.07, 6.45) is 2.00. The number of nitrogens with two attached hydrogens (primary N) is 1. The SMILES string of the molecule is CSc1cccc(N(C)c2cccc(O)c2)c1C(N)=S. The van der Waals surface area contributed by atoms with Gasteiger partial charge >= 0.3 is 0 Å². The second-order valence-electron chi connectivity index (χ2n) is 4.30. The normalized spacial score (nSPS) is 10.3. The van der Waals surface area contributed by atoms with Crippen LogP contribution in [0.3, 0.4) is 0 Å². The average molecular weight is 304 g/mol. The summed E-state index contributed by atoms with van der Waals surface area (Å²) in [6, 6.07) is 13.0. The maximum absolute atomic E-state index is 9.61. The largest absolute Gasteiger partial charge is 0.508 e. The van der Waals surface area contributed by atoms with E-state index in [0.717, 1.165) is 21.8 Å². The molecule has 104 valence electrons. The fourth-order valence-corrected chi connectivity index (χ4v) is 2.97. The van der Waals surface area contributed by atoms with Crippen LogP contribution in [0.5, 0.6) is 5.75 Å². The van der Waals surface area contributed by atoms with Gasteiger partial charge in [-0.15, -0.1) is 11.8 Å². The molecule has 0 saturated heterocycles. The number of benzene rings is 2. The second-order valence-corrected chi connectivity index (χ2v) is 5.59. The molecule has 2 aromatic rings. The molecule has 0 bridgehead atoms. The highest BCUT2D eigenvalue weighted by Gasteiger charge is 2.15. The molecule has 5 heteroatoms. The van der Waals surface area contributed by atoms with E-state index in [0.29, 0.717) is 4.99 Å². The van der Waals surface area contributed by atoms with Crippen LogP contribution >= 0.6 is 24.0 Å². The summed E-state index contributed by atoms with van der Waals surface area (Å²) >= 11 is 6.80. The number of nitrogens with zero attached hydrogens (tertiary/aromatic N) is 1. The summed E-state index contributed by atoms with van der Waals surface area (Å²) < 4.78 is 0. The van der Waals surface area contributed by atoms with Crippen LogP contribution < -0.4 is 10.6 Å². The van der Waals surface area contributed by atoms with E-state index in [2.05, 4.69) is 0 Å². The van der Waals surface area contributed by atoms with Gasteiger partial charge in [0.05, 0.1) is 5.69 Å². The molecule has 0 aliphatic rings. The number of thiocarbonyl (C=S) groups is 1. The zero-order valence-electron chi connectivity index (χ0n) is 11.3. The maximum atomic E-state index is 9.61. The zero-order chi connectivity index (χ0) is 14.7. The lowest BCUT2D eigenvalue weighted by Gasteiger charge is -2.23. The molecule has 0 spiro atoms. The third-order valence-corrected chi connectivity index (χ3v) is 4.03. The molecule has 0 amide bonds. The van der Waals surface area contributed by atoms with Crippen LogP contribution in [0.15, 0.2) is 47.4 Å². The molecular formula is C15H16N2OS2. The van der Waals surface area contributed by atoms with Crippen molar-refractivity contribution in [2.45, 2.75) is 4.90 Å². The van der Waals surface area contributed by atoms with Gasteiger partial charge in [-0.3, -0.25) is 0 Å². The smallest absolute Gasteiger partial charge is 0.117 e. The quantitative estimate of drug-likeness (QED) is 0.668. The number of thioether (sulfide) groups is 1. The van der Waals surface area contributed by atoms with Gasteiger partial charge < -0.3 is 15.7 Å². The molecular weight excluding hydrogens is 288 g/mol. The highest BCUT2D eigenvalue weighted by atomic mass is 32.2. The van der Waals surface area contributed by atoms with Crippen LogP contribution in [0, 0.1) is 0 Å². The summed E-state index contributed by atoms with van der Waals surface area (Å²) in [4.78, 5) is 3.38. The Kier molecular flexibility index (Phi) is 4.52. The second kappa shape index (κ2) is 6.15. The van der Waals surface area contributed by atoms with Gasteiger partial charge in [0, 0.05) is 29.3 Å². The van der Waals surface area contributed by atoms with Crippen molar-refractivity contribution < 1.29 is 5.11 Å². The topological polar surface area (TPSA) is 49.5 Å². The molecule has 3 nitrogen and oxygen atoms in total. The molecule has 20 heavy (non-hydrogen) atoms. The van der Waals surface area contributed by atoms with Crippen LogP contribution in [0.2, 0.25) is 0 Å². The molecule has 0 aliphatic carbocycles. The molecule has 3 N–H and O–H groups in total. The highest BCUT2D eigenvalue weighted by molar-refractivity contribution is 7.98. The summed E-state index contributed by atoms with van der Waals surface area (Å²) in [5.74, 6) is 0.229. The van der Waals surface area contributed by atoms with E-state index < -0.39 is 0 Å². The van der Waals surface area contributed by atoms with Crippen molar-refractivity contribution in [2.24, 2.45) is 5.73 Å². The van der Waals surface area contributed by atoms with Crippen LogP contribution in [0.25, 0.3) is 0 Å². The Morgan fingerprint density at radius 1 is 1.25 bits per heavy atom. The average Bonchev–Trinajstić information content (AvgIpc) is 2.45. The van der Waals surface area contributed by atoms with E-state index >= 15 is 0 Å². The Morgan fingerprint density at radius 3 is 2.55 bits per heavy atom. The van der Waals surface area contributed by atoms with Gasteiger partial charge in [-0.25, -0.2) is 0 Å². The summed E-state index contributed by atoms with van der Waals surface area (Å²) in [6.45, 7) is 0. The summed E-state index contributed by atoms with van der Waals surface area (Å²) in [7, 11) is 1.93. The monoisotopic (exact) mass is 304 g/mol. The summed E-state index contributed by atoms with van der Waals surface area (Å²) in [5, 5.41) is 9.61. The molecule has 0 radical (unpaired) electrons. The van der Waals surface area contributed by atoms with Gasteiger partial charge in [-0.1, -0.05) is 24.4 Å². The van der Waals surface area contributed by atoms with Crippen LogP contribution in [-0.2, 0) is 0 Å². The van der Waals surface area contributed by atoms with Crippen LogP contribution in [0.4, 0.5) is 11.4 Å². The number of aromatic hydroxyl groups is 1. The standard InChI is InChI=1S/C15H16N2OS2/c1-17(10-5-3-6-11(18)9-10)12-7-4-8-13(20-2)14(12)15(16)19/h3-9,18H,1-2H3,(H2,16,19). The van der Waals surface area contributed by atoms with Crippen LogP contribution in [0.1, 0.15) is 5.56 Å². The van der Waals surface area contributed by atoms with Crippen molar-refractivity contribution in [2.75, 3.05) is 18.2 Å². The van der Waals surface area contributed by atoms with Gasteiger partial charge in [0.2, 0.25) is 0 Å². The maximum Gasteiger partial charge on any atom is 0.117 e.